The number of amides is 1. The maximum absolute atomic E-state index is 10.5. The summed E-state index contributed by atoms with van der Waals surface area (Å²) in [5.41, 5.74) is 1.97. The number of hydrogen-bond donors (Lipinski definition) is 1. The van der Waals surface area contributed by atoms with Gasteiger partial charge in [-0.1, -0.05) is 30.3 Å². The minimum atomic E-state index is -1.37. The van der Waals surface area contributed by atoms with Crippen LogP contribution in [0.4, 0.5) is 10.5 Å². The van der Waals surface area contributed by atoms with E-state index in [-0.39, 0.29) is 0 Å². The Labute approximate surface area is 120 Å². The summed E-state index contributed by atoms with van der Waals surface area (Å²) >= 11 is 0. The number of carbonyl (C=O) groups excluding carboxylic acids is 1. The fourth-order valence-electron chi connectivity index (χ4n) is 2.05. The topological polar surface area (TPSA) is 74.5 Å². The second-order valence-corrected chi connectivity index (χ2v) is 4.49. The Morgan fingerprint density at radius 3 is 2.76 bits per heavy atom. The first-order chi connectivity index (χ1) is 10.2. The minimum absolute atomic E-state index is 0.361. The van der Waals surface area contributed by atoms with Crippen molar-refractivity contribution in [2.45, 2.75) is 6.61 Å². The maximum Gasteiger partial charge on any atom is 0.139 e. The van der Waals surface area contributed by atoms with Gasteiger partial charge in [0.05, 0.1) is 5.69 Å². The van der Waals surface area contributed by atoms with Gasteiger partial charge in [0.1, 0.15) is 30.3 Å². The molecule has 0 spiro atoms. The van der Waals surface area contributed by atoms with E-state index in [0.717, 1.165) is 5.56 Å². The van der Waals surface area contributed by atoms with Crippen LogP contribution in [0.15, 0.2) is 59.2 Å². The Hall–Kier alpha value is -2.95. The molecule has 106 valence electrons. The van der Waals surface area contributed by atoms with Crippen LogP contribution in [0.1, 0.15) is 5.56 Å². The zero-order valence-electron chi connectivity index (χ0n) is 11.0. The van der Waals surface area contributed by atoms with Crippen molar-refractivity contribution in [2.24, 2.45) is 0 Å². The average Bonchev–Trinajstić information content (AvgIpc) is 2.88. The van der Waals surface area contributed by atoms with Crippen molar-refractivity contribution in [3.05, 3.63) is 60.4 Å². The molecule has 0 saturated heterocycles. The summed E-state index contributed by atoms with van der Waals surface area (Å²) in [5.74, 6) is 0.653. The van der Waals surface area contributed by atoms with Crippen LogP contribution < -0.4 is 15.2 Å². The van der Waals surface area contributed by atoms with Gasteiger partial charge in [0.2, 0.25) is 0 Å². The molecule has 1 aromatic heterocycles. The van der Waals surface area contributed by atoms with Crippen molar-refractivity contribution >= 4 is 22.7 Å². The van der Waals surface area contributed by atoms with Gasteiger partial charge in [-0.2, -0.15) is 0 Å². The number of anilines is 1. The third-order valence-corrected chi connectivity index (χ3v) is 3.03. The summed E-state index contributed by atoms with van der Waals surface area (Å²) in [6.45, 7) is 0.456. The highest BCUT2D eigenvalue weighted by atomic mass is 16.5. The van der Waals surface area contributed by atoms with Crippen molar-refractivity contribution < 1.29 is 19.1 Å². The summed E-state index contributed by atoms with van der Waals surface area (Å²) in [5, 5.41) is 13.4. The predicted molar refractivity (Wildman–Crippen MR) is 76.0 cm³/mol. The summed E-state index contributed by atoms with van der Waals surface area (Å²) in [6.07, 6.45) is -0.0383. The Bertz CT molecular complexity index is 764. The number of ether oxygens (including phenoxy) is 1. The summed E-state index contributed by atoms with van der Waals surface area (Å²) < 4.78 is 11.0. The van der Waals surface area contributed by atoms with Gasteiger partial charge in [-0.25, -0.2) is 0 Å². The molecule has 0 saturated carbocycles. The molecule has 0 aliphatic carbocycles. The van der Waals surface area contributed by atoms with Gasteiger partial charge >= 0.3 is 0 Å². The third-order valence-electron chi connectivity index (χ3n) is 3.03. The minimum Gasteiger partial charge on any atom is -0.530 e. The normalized spacial score (nSPS) is 10.5. The highest BCUT2D eigenvalue weighted by molar-refractivity contribution is 5.97. The van der Waals surface area contributed by atoms with Crippen LogP contribution in [0.3, 0.4) is 0 Å². The quantitative estimate of drug-likeness (QED) is 0.798. The van der Waals surface area contributed by atoms with E-state index < -0.39 is 6.09 Å². The number of fused-ring (bicyclic) bond motifs is 1. The van der Waals surface area contributed by atoms with E-state index in [1.54, 1.807) is 18.2 Å². The summed E-state index contributed by atoms with van der Waals surface area (Å²) in [7, 11) is 0. The molecule has 0 aliphatic rings. The SMILES string of the molecule is O=C([O-])Nc1coc2cc(OCc3ccccc3)ccc12. The van der Waals surface area contributed by atoms with Crippen LogP contribution in [-0.2, 0) is 6.61 Å². The molecular weight excluding hydrogens is 270 g/mol. The zero-order chi connectivity index (χ0) is 14.7. The Kier molecular flexibility index (Phi) is 3.47. The second kappa shape index (κ2) is 5.58. The molecule has 1 heterocycles. The molecule has 0 aliphatic heterocycles. The van der Waals surface area contributed by atoms with Crippen LogP contribution in [0.5, 0.6) is 5.75 Å². The van der Waals surface area contributed by atoms with E-state index in [1.165, 1.54) is 6.26 Å². The molecule has 2 aromatic carbocycles. The van der Waals surface area contributed by atoms with E-state index in [9.17, 15) is 9.90 Å². The monoisotopic (exact) mass is 282 g/mol. The highest BCUT2D eigenvalue weighted by Gasteiger charge is 2.07. The van der Waals surface area contributed by atoms with Crippen molar-refractivity contribution in [3.63, 3.8) is 0 Å². The molecule has 3 aromatic rings. The lowest BCUT2D eigenvalue weighted by Crippen LogP contribution is -2.28. The van der Waals surface area contributed by atoms with Gasteiger partial charge < -0.3 is 24.4 Å². The van der Waals surface area contributed by atoms with Crippen LogP contribution in [0.25, 0.3) is 11.0 Å². The molecule has 0 unspecified atom stereocenters. The second-order valence-electron chi connectivity index (χ2n) is 4.49. The van der Waals surface area contributed by atoms with Crippen molar-refractivity contribution in [3.8, 4) is 5.75 Å². The van der Waals surface area contributed by atoms with Crippen LogP contribution in [0.2, 0.25) is 0 Å². The molecule has 5 nitrogen and oxygen atoms in total. The largest absolute Gasteiger partial charge is 0.530 e. The van der Waals surface area contributed by atoms with Gasteiger partial charge in [-0.05, 0) is 17.7 Å². The number of carboxylic acid groups (broad SMARTS) is 1. The maximum atomic E-state index is 10.5. The standard InChI is InChI=1S/C16H13NO4/c18-16(19)17-14-10-21-15-8-12(6-7-13(14)15)20-9-11-4-2-1-3-5-11/h1-8,10,17H,9H2,(H,18,19)/p-1. The molecule has 1 N–H and O–H groups in total. The molecule has 0 radical (unpaired) electrons. The molecule has 0 bridgehead atoms. The third kappa shape index (κ3) is 2.97. The van der Waals surface area contributed by atoms with Gasteiger partial charge in [0, 0.05) is 11.5 Å². The molecule has 5 heteroatoms. The number of benzene rings is 2. The van der Waals surface area contributed by atoms with Gasteiger partial charge in [0.15, 0.2) is 0 Å². The Morgan fingerprint density at radius 1 is 1.19 bits per heavy atom. The van der Waals surface area contributed by atoms with Gasteiger partial charge in [0.25, 0.3) is 0 Å². The van der Waals surface area contributed by atoms with E-state index in [2.05, 4.69) is 5.32 Å². The fourth-order valence-corrected chi connectivity index (χ4v) is 2.05. The first-order valence-electron chi connectivity index (χ1n) is 6.38. The number of furan rings is 1. The van der Waals surface area contributed by atoms with E-state index in [1.807, 2.05) is 30.3 Å². The van der Waals surface area contributed by atoms with Gasteiger partial charge in [-0.15, -0.1) is 0 Å². The first kappa shape index (κ1) is 13.1. The first-order valence-corrected chi connectivity index (χ1v) is 6.38. The van der Waals surface area contributed by atoms with E-state index in [0.29, 0.717) is 29.0 Å². The lowest BCUT2D eigenvalue weighted by atomic mass is 10.2. The molecule has 21 heavy (non-hydrogen) atoms. The number of carbonyl (C=O) groups is 1. The molecule has 3 rings (SSSR count). The number of nitrogens with one attached hydrogen (secondary N) is 1. The number of hydrogen-bond acceptors (Lipinski definition) is 4. The molecule has 0 atom stereocenters. The summed E-state index contributed by atoms with van der Waals surface area (Å²) in [4.78, 5) is 10.5. The fraction of sp³-hybridized carbons (Fsp3) is 0.0625. The Morgan fingerprint density at radius 2 is 2.00 bits per heavy atom. The van der Waals surface area contributed by atoms with Crippen LogP contribution in [-0.4, -0.2) is 6.09 Å². The summed E-state index contributed by atoms with van der Waals surface area (Å²) in [6, 6.07) is 15.0. The smallest absolute Gasteiger partial charge is 0.139 e. The average molecular weight is 282 g/mol. The lowest BCUT2D eigenvalue weighted by molar-refractivity contribution is -0.242. The van der Waals surface area contributed by atoms with Crippen molar-refractivity contribution in [1.82, 2.24) is 0 Å². The van der Waals surface area contributed by atoms with Crippen LogP contribution >= 0.6 is 0 Å². The van der Waals surface area contributed by atoms with Gasteiger partial charge in [-0.3, -0.25) is 0 Å². The van der Waals surface area contributed by atoms with E-state index >= 15 is 0 Å². The lowest BCUT2D eigenvalue weighted by Gasteiger charge is -2.06. The van der Waals surface area contributed by atoms with Crippen molar-refractivity contribution in [1.29, 1.82) is 0 Å². The predicted octanol–water partition coefficient (Wildman–Crippen LogP) is 2.77. The molecule has 0 fully saturated rings. The molecular formula is C16H12NO4-. The molecule has 1 amide bonds. The highest BCUT2D eigenvalue weighted by Crippen LogP contribution is 2.29. The van der Waals surface area contributed by atoms with Crippen molar-refractivity contribution in [2.75, 3.05) is 5.32 Å². The van der Waals surface area contributed by atoms with Crippen LogP contribution in [0, 0.1) is 0 Å². The Balaban J connectivity index is 1.77. The van der Waals surface area contributed by atoms with E-state index in [4.69, 9.17) is 9.15 Å². The zero-order valence-corrected chi connectivity index (χ0v) is 11.0. The number of rotatable bonds is 4.